The summed E-state index contributed by atoms with van der Waals surface area (Å²) in [6, 6.07) is 16.4. The molecule has 27 heavy (non-hydrogen) atoms. The van der Waals surface area contributed by atoms with E-state index in [1.807, 2.05) is 48.7 Å². The molecule has 3 aromatic rings. The number of allylic oxidation sites excluding steroid dienone is 1. The molecule has 0 aliphatic carbocycles. The number of carbonyl (C=O) groups excluding carboxylic acids is 2. The van der Waals surface area contributed by atoms with Crippen LogP contribution in [0.5, 0.6) is 11.5 Å². The molecule has 0 amide bonds. The van der Waals surface area contributed by atoms with Gasteiger partial charge in [-0.1, -0.05) is 35.9 Å². The quantitative estimate of drug-likeness (QED) is 0.372. The molecule has 4 rings (SSSR count). The maximum atomic E-state index is 12.5. The van der Waals surface area contributed by atoms with E-state index >= 15 is 0 Å². The largest absolute Gasteiger partial charge is 0.452 e. The molecule has 2 aromatic carbocycles. The van der Waals surface area contributed by atoms with Crippen LogP contribution in [0.1, 0.15) is 26.4 Å². The van der Waals surface area contributed by atoms with Crippen molar-refractivity contribution in [1.82, 2.24) is 0 Å². The van der Waals surface area contributed by atoms with Gasteiger partial charge in [-0.05, 0) is 42.1 Å². The highest BCUT2D eigenvalue weighted by Crippen LogP contribution is 2.35. The van der Waals surface area contributed by atoms with Gasteiger partial charge in [0.05, 0.1) is 12.0 Å². The first-order chi connectivity index (χ1) is 13.1. The summed E-state index contributed by atoms with van der Waals surface area (Å²) in [7, 11) is 0. The van der Waals surface area contributed by atoms with E-state index in [0.717, 1.165) is 16.0 Å². The van der Waals surface area contributed by atoms with Crippen LogP contribution in [0.3, 0.4) is 0 Å². The number of aryl methyl sites for hydroxylation is 1. The first-order valence-electron chi connectivity index (χ1n) is 8.46. The molecule has 0 bridgehead atoms. The fourth-order valence-electron chi connectivity index (χ4n) is 2.77. The smallest absolute Gasteiger partial charge is 0.316 e. The molecule has 0 saturated carbocycles. The standard InChI is InChI=1S/C22H16O4S/c1-14-4-6-15(7-5-14)11-20-22(24)18-9-8-16(12-19(18)26-20)25-21(23)13-17-3-2-10-27-17/h2-12H,13H2,1H3/b20-11-. The molecule has 2 heterocycles. The summed E-state index contributed by atoms with van der Waals surface area (Å²) in [6.45, 7) is 2.01. The van der Waals surface area contributed by atoms with Crippen molar-refractivity contribution in [3.05, 3.63) is 87.3 Å². The predicted octanol–water partition coefficient (Wildman–Crippen LogP) is 4.82. The zero-order chi connectivity index (χ0) is 18.8. The molecule has 4 nitrogen and oxygen atoms in total. The van der Waals surface area contributed by atoms with Gasteiger partial charge in [0.2, 0.25) is 5.78 Å². The lowest BCUT2D eigenvalue weighted by atomic mass is 10.1. The second-order valence-corrected chi connectivity index (χ2v) is 7.27. The summed E-state index contributed by atoms with van der Waals surface area (Å²) in [5.41, 5.74) is 2.50. The second kappa shape index (κ2) is 7.21. The van der Waals surface area contributed by atoms with Crippen LogP contribution in [-0.2, 0) is 11.2 Å². The maximum Gasteiger partial charge on any atom is 0.316 e. The Morgan fingerprint density at radius 2 is 1.96 bits per heavy atom. The Labute approximate surface area is 160 Å². The van der Waals surface area contributed by atoms with Crippen LogP contribution in [0.25, 0.3) is 6.08 Å². The number of Topliss-reactive ketones (excluding diaryl/α,β-unsaturated/α-hetero) is 1. The number of benzene rings is 2. The van der Waals surface area contributed by atoms with E-state index in [4.69, 9.17) is 9.47 Å². The highest BCUT2D eigenvalue weighted by molar-refractivity contribution is 7.10. The Hall–Kier alpha value is -3.18. The van der Waals surface area contributed by atoms with Crippen molar-refractivity contribution in [2.45, 2.75) is 13.3 Å². The van der Waals surface area contributed by atoms with Crippen molar-refractivity contribution < 1.29 is 19.1 Å². The molecule has 0 saturated heterocycles. The third-order valence-corrected chi connectivity index (χ3v) is 5.02. The topological polar surface area (TPSA) is 52.6 Å². The summed E-state index contributed by atoms with van der Waals surface area (Å²) in [5.74, 6) is 0.495. The summed E-state index contributed by atoms with van der Waals surface area (Å²) in [6.07, 6.45) is 1.93. The number of hydrogen-bond donors (Lipinski definition) is 0. The summed E-state index contributed by atoms with van der Waals surface area (Å²) in [4.78, 5) is 25.5. The van der Waals surface area contributed by atoms with Gasteiger partial charge in [0.25, 0.3) is 0 Å². The van der Waals surface area contributed by atoms with Gasteiger partial charge in [-0.25, -0.2) is 0 Å². The molecule has 1 aliphatic rings. The van der Waals surface area contributed by atoms with Crippen LogP contribution in [0.2, 0.25) is 0 Å². The molecule has 5 heteroatoms. The van der Waals surface area contributed by atoms with Gasteiger partial charge in [0.1, 0.15) is 11.5 Å². The summed E-state index contributed by atoms with van der Waals surface area (Å²) >= 11 is 1.51. The molecule has 134 valence electrons. The van der Waals surface area contributed by atoms with Crippen LogP contribution in [0.15, 0.2) is 65.7 Å². The number of thiophene rings is 1. The highest BCUT2D eigenvalue weighted by atomic mass is 32.1. The second-order valence-electron chi connectivity index (χ2n) is 6.24. The fourth-order valence-corrected chi connectivity index (χ4v) is 3.46. The molecule has 1 aliphatic heterocycles. The maximum absolute atomic E-state index is 12.5. The lowest BCUT2D eigenvalue weighted by molar-refractivity contribution is -0.133. The predicted molar refractivity (Wildman–Crippen MR) is 104 cm³/mol. The first kappa shape index (κ1) is 17.2. The lowest BCUT2D eigenvalue weighted by Gasteiger charge is -2.05. The van der Waals surface area contributed by atoms with Crippen LogP contribution in [0.4, 0.5) is 0 Å². The molecule has 0 atom stereocenters. The molecule has 0 N–H and O–H groups in total. The van der Waals surface area contributed by atoms with Crippen molar-refractivity contribution in [2.75, 3.05) is 0 Å². The molecule has 0 fully saturated rings. The van der Waals surface area contributed by atoms with Gasteiger partial charge in [0.15, 0.2) is 5.76 Å². The van der Waals surface area contributed by atoms with Crippen molar-refractivity contribution in [3.63, 3.8) is 0 Å². The van der Waals surface area contributed by atoms with Gasteiger partial charge >= 0.3 is 5.97 Å². The van der Waals surface area contributed by atoms with Crippen LogP contribution in [0, 0.1) is 6.92 Å². The number of ether oxygens (including phenoxy) is 2. The number of esters is 1. The third kappa shape index (κ3) is 3.83. The van der Waals surface area contributed by atoms with Crippen LogP contribution in [-0.4, -0.2) is 11.8 Å². The zero-order valence-electron chi connectivity index (χ0n) is 14.6. The van der Waals surface area contributed by atoms with Gasteiger partial charge < -0.3 is 9.47 Å². The zero-order valence-corrected chi connectivity index (χ0v) is 15.4. The number of hydrogen-bond acceptors (Lipinski definition) is 5. The van der Waals surface area contributed by atoms with Gasteiger partial charge in [-0.15, -0.1) is 11.3 Å². The van der Waals surface area contributed by atoms with Crippen molar-refractivity contribution in [2.24, 2.45) is 0 Å². The number of ketones is 1. The lowest BCUT2D eigenvalue weighted by Crippen LogP contribution is -2.10. The normalized spacial score (nSPS) is 14.1. The minimum absolute atomic E-state index is 0.179. The summed E-state index contributed by atoms with van der Waals surface area (Å²) in [5, 5.41) is 1.92. The van der Waals surface area contributed by atoms with Crippen molar-refractivity contribution in [3.8, 4) is 11.5 Å². The molecule has 0 radical (unpaired) electrons. The van der Waals surface area contributed by atoms with Crippen LogP contribution >= 0.6 is 11.3 Å². The van der Waals surface area contributed by atoms with Gasteiger partial charge in [0, 0.05) is 10.9 Å². The highest BCUT2D eigenvalue weighted by Gasteiger charge is 2.28. The number of carbonyl (C=O) groups is 2. The van der Waals surface area contributed by atoms with Gasteiger partial charge in [-0.3, -0.25) is 9.59 Å². The Morgan fingerprint density at radius 1 is 1.15 bits per heavy atom. The SMILES string of the molecule is Cc1ccc(/C=C2\Oc3cc(OC(=O)Cc4cccs4)ccc3C2=O)cc1. The van der Waals surface area contributed by atoms with Crippen molar-refractivity contribution >= 4 is 29.2 Å². The van der Waals surface area contributed by atoms with E-state index in [1.165, 1.54) is 11.3 Å². The van der Waals surface area contributed by atoms with E-state index in [0.29, 0.717) is 17.1 Å². The Morgan fingerprint density at radius 3 is 2.70 bits per heavy atom. The average Bonchev–Trinajstić information content (AvgIpc) is 3.25. The minimum Gasteiger partial charge on any atom is -0.452 e. The van der Waals surface area contributed by atoms with E-state index in [9.17, 15) is 9.59 Å². The monoisotopic (exact) mass is 376 g/mol. The van der Waals surface area contributed by atoms with Crippen LogP contribution < -0.4 is 9.47 Å². The van der Waals surface area contributed by atoms with E-state index in [1.54, 1.807) is 24.3 Å². The summed E-state index contributed by atoms with van der Waals surface area (Å²) < 4.78 is 11.1. The third-order valence-electron chi connectivity index (χ3n) is 4.15. The van der Waals surface area contributed by atoms with Crippen molar-refractivity contribution in [1.29, 1.82) is 0 Å². The molecule has 1 aromatic heterocycles. The number of fused-ring (bicyclic) bond motifs is 1. The molecule has 0 unspecified atom stereocenters. The Bertz CT molecular complexity index is 1030. The van der Waals surface area contributed by atoms with Gasteiger partial charge in [-0.2, -0.15) is 0 Å². The van der Waals surface area contributed by atoms with E-state index < -0.39 is 0 Å². The average molecular weight is 376 g/mol. The Kier molecular flexibility index (Phi) is 4.60. The number of rotatable bonds is 4. The Balaban J connectivity index is 1.50. The molecular weight excluding hydrogens is 360 g/mol. The van der Waals surface area contributed by atoms with E-state index in [-0.39, 0.29) is 23.9 Å². The molecular formula is C22H16O4S. The van der Waals surface area contributed by atoms with E-state index in [2.05, 4.69) is 0 Å². The first-order valence-corrected chi connectivity index (χ1v) is 9.34. The molecule has 0 spiro atoms. The minimum atomic E-state index is -0.350. The fraction of sp³-hybridized carbons (Fsp3) is 0.0909.